The zero-order valence-corrected chi connectivity index (χ0v) is 7.57. The Morgan fingerprint density at radius 1 is 1.30 bits per heavy atom. The van der Waals surface area contributed by atoms with Gasteiger partial charge in [-0.1, -0.05) is 34.1 Å². The standard InChI is InChI=1S/C9H19N/c1-5-7(3)8(4)9(10)6-2/h7-8,10H,5-6H2,1-4H3. The molecule has 0 aliphatic heterocycles. The zero-order chi connectivity index (χ0) is 8.15. The predicted molar refractivity (Wildman–Crippen MR) is 46.6 cm³/mol. The van der Waals surface area contributed by atoms with Crippen LogP contribution in [0.3, 0.4) is 0 Å². The van der Waals surface area contributed by atoms with E-state index in [-0.39, 0.29) is 0 Å². The summed E-state index contributed by atoms with van der Waals surface area (Å²) in [5, 5.41) is 7.58. The van der Waals surface area contributed by atoms with Crippen molar-refractivity contribution in [2.75, 3.05) is 0 Å². The fourth-order valence-corrected chi connectivity index (χ4v) is 1.02. The number of hydrogen-bond acceptors (Lipinski definition) is 1. The fourth-order valence-electron chi connectivity index (χ4n) is 1.02. The van der Waals surface area contributed by atoms with Crippen LogP contribution < -0.4 is 0 Å². The van der Waals surface area contributed by atoms with Gasteiger partial charge in [0.1, 0.15) is 0 Å². The molecule has 0 radical (unpaired) electrons. The van der Waals surface area contributed by atoms with Crippen molar-refractivity contribution in [2.24, 2.45) is 11.8 Å². The summed E-state index contributed by atoms with van der Waals surface area (Å²) < 4.78 is 0. The molecule has 0 amide bonds. The summed E-state index contributed by atoms with van der Waals surface area (Å²) in [6, 6.07) is 0. The second-order valence-corrected chi connectivity index (χ2v) is 3.05. The van der Waals surface area contributed by atoms with Crippen LogP contribution in [0.15, 0.2) is 0 Å². The van der Waals surface area contributed by atoms with Crippen molar-refractivity contribution < 1.29 is 0 Å². The van der Waals surface area contributed by atoms with Crippen molar-refractivity contribution in [1.29, 1.82) is 5.41 Å². The van der Waals surface area contributed by atoms with Gasteiger partial charge in [-0.3, -0.25) is 0 Å². The SMILES string of the molecule is CCC(=N)C(C)C(C)CC. The van der Waals surface area contributed by atoms with E-state index in [1.54, 1.807) is 0 Å². The van der Waals surface area contributed by atoms with Gasteiger partial charge in [0.2, 0.25) is 0 Å². The van der Waals surface area contributed by atoms with Crippen LogP contribution in [-0.2, 0) is 0 Å². The molecule has 2 atom stereocenters. The average molecular weight is 141 g/mol. The molecule has 0 aromatic rings. The maximum absolute atomic E-state index is 7.58. The van der Waals surface area contributed by atoms with Crippen molar-refractivity contribution in [3.05, 3.63) is 0 Å². The van der Waals surface area contributed by atoms with E-state index in [0.29, 0.717) is 11.8 Å². The molecule has 0 saturated heterocycles. The molecule has 2 unspecified atom stereocenters. The quantitative estimate of drug-likeness (QED) is 0.582. The highest BCUT2D eigenvalue weighted by Crippen LogP contribution is 2.16. The molecular formula is C9H19N. The monoisotopic (exact) mass is 141 g/mol. The highest BCUT2D eigenvalue weighted by molar-refractivity contribution is 5.83. The minimum absolute atomic E-state index is 0.481. The topological polar surface area (TPSA) is 23.9 Å². The molecule has 10 heavy (non-hydrogen) atoms. The Balaban J connectivity index is 3.81. The molecule has 0 rings (SSSR count). The Morgan fingerprint density at radius 2 is 1.80 bits per heavy atom. The molecule has 0 saturated carbocycles. The highest BCUT2D eigenvalue weighted by atomic mass is 14.4. The Labute approximate surface area is 64.3 Å². The smallest absolute Gasteiger partial charge is 0.0117 e. The lowest BCUT2D eigenvalue weighted by molar-refractivity contribution is 0.463. The second-order valence-electron chi connectivity index (χ2n) is 3.05. The van der Waals surface area contributed by atoms with E-state index in [1.165, 1.54) is 6.42 Å². The van der Waals surface area contributed by atoms with Gasteiger partial charge in [0.05, 0.1) is 0 Å². The van der Waals surface area contributed by atoms with Gasteiger partial charge in [0, 0.05) is 5.71 Å². The Bertz CT molecular complexity index is 107. The molecule has 60 valence electrons. The van der Waals surface area contributed by atoms with Gasteiger partial charge in [-0.15, -0.1) is 0 Å². The molecule has 0 spiro atoms. The van der Waals surface area contributed by atoms with Gasteiger partial charge in [0.25, 0.3) is 0 Å². The number of hydrogen-bond donors (Lipinski definition) is 1. The third-order valence-corrected chi connectivity index (χ3v) is 2.43. The molecule has 1 nitrogen and oxygen atoms in total. The van der Waals surface area contributed by atoms with Crippen molar-refractivity contribution in [3.8, 4) is 0 Å². The summed E-state index contributed by atoms with van der Waals surface area (Å²) in [4.78, 5) is 0. The Kier molecular flexibility index (Phi) is 4.33. The van der Waals surface area contributed by atoms with Crippen LogP contribution >= 0.6 is 0 Å². The molecule has 0 fully saturated rings. The van der Waals surface area contributed by atoms with E-state index in [2.05, 4.69) is 27.7 Å². The third-order valence-electron chi connectivity index (χ3n) is 2.43. The van der Waals surface area contributed by atoms with Gasteiger partial charge in [-0.25, -0.2) is 0 Å². The van der Waals surface area contributed by atoms with E-state index >= 15 is 0 Å². The lowest BCUT2D eigenvalue weighted by Crippen LogP contribution is -2.16. The summed E-state index contributed by atoms with van der Waals surface area (Å²) in [6.45, 7) is 8.61. The van der Waals surface area contributed by atoms with Gasteiger partial charge < -0.3 is 5.41 Å². The minimum Gasteiger partial charge on any atom is -0.309 e. The maximum atomic E-state index is 7.58. The van der Waals surface area contributed by atoms with Crippen LogP contribution in [0.1, 0.15) is 40.5 Å². The van der Waals surface area contributed by atoms with Crippen molar-refractivity contribution in [1.82, 2.24) is 0 Å². The largest absolute Gasteiger partial charge is 0.309 e. The normalized spacial score (nSPS) is 16.4. The molecule has 0 bridgehead atoms. The Hall–Kier alpha value is -0.330. The molecule has 0 aromatic heterocycles. The van der Waals surface area contributed by atoms with Gasteiger partial charge in [-0.2, -0.15) is 0 Å². The first kappa shape index (κ1) is 9.67. The first-order chi connectivity index (χ1) is 4.63. The van der Waals surface area contributed by atoms with Gasteiger partial charge in [0.15, 0.2) is 0 Å². The third kappa shape index (κ3) is 2.51. The van der Waals surface area contributed by atoms with E-state index < -0.39 is 0 Å². The summed E-state index contributed by atoms with van der Waals surface area (Å²) >= 11 is 0. The number of nitrogens with one attached hydrogen (secondary N) is 1. The number of rotatable bonds is 4. The van der Waals surface area contributed by atoms with E-state index in [0.717, 1.165) is 12.1 Å². The molecule has 0 aliphatic carbocycles. The highest BCUT2D eigenvalue weighted by Gasteiger charge is 2.12. The first-order valence-corrected chi connectivity index (χ1v) is 4.20. The van der Waals surface area contributed by atoms with Gasteiger partial charge >= 0.3 is 0 Å². The molecular weight excluding hydrogens is 122 g/mol. The van der Waals surface area contributed by atoms with Crippen LogP contribution in [0.5, 0.6) is 0 Å². The Morgan fingerprint density at radius 3 is 2.10 bits per heavy atom. The van der Waals surface area contributed by atoms with Crippen LogP contribution in [0.4, 0.5) is 0 Å². The van der Waals surface area contributed by atoms with Crippen molar-refractivity contribution in [2.45, 2.75) is 40.5 Å². The van der Waals surface area contributed by atoms with Crippen molar-refractivity contribution >= 4 is 5.71 Å². The summed E-state index contributed by atoms with van der Waals surface area (Å²) in [7, 11) is 0. The summed E-state index contributed by atoms with van der Waals surface area (Å²) in [5.74, 6) is 1.16. The summed E-state index contributed by atoms with van der Waals surface area (Å²) in [6.07, 6.45) is 2.09. The lowest BCUT2D eigenvalue weighted by Gasteiger charge is -2.17. The first-order valence-electron chi connectivity index (χ1n) is 4.20. The minimum atomic E-state index is 0.481. The van der Waals surface area contributed by atoms with Gasteiger partial charge in [-0.05, 0) is 18.3 Å². The fraction of sp³-hybridized carbons (Fsp3) is 0.889. The second kappa shape index (κ2) is 4.48. The van der Waals surface area contributed by atoms with Crippen LogP contribution in [0, 0.1) is 17.2 Å². The molecule has 0 aromatic carbocycles. The molecule has 0 heterocycles. The molecule has 1 heteroatoms. The molecule has 0 aliphatic rings. The van der Waals surface area contributed by atoms with Crippen LogP contribution in [0.25, 0.3) is 0 Å². The van der Waals surface area contributed by atoms with Crippen LogP contribution in [0.2, 0.25) is 0 Å². The van der Waals surface area contributed by atoms with E-state index in [1.807, 2.05) is 0 Å². The summed E-state index contributed by atoms with van der Waals surface area (Å²) in [5.41, 5.74) is 0.898. The maximum Gasteiger partial charge on any atom is 0.0117 e. The van der Waals surface area contributed by atoms with E-state index in [9.17, 15) is 0 Å². The molecule has 1 N–H and O–H groups in total. The predicted octanol–water partition coefficient (Wildman–Crippen LogP) is 3.10. The zero-order valence-electron chi connectivity index (χ0n) is 7.57. The van der Waals surface area contributed by atoms with Crippen molar-refractivity contribution in [3.63, 3.8) is 0 Å². The average Bonchev–Trinajstić information content (AvgIpc) is 2.00. The van der Waals surface area contributed by atoms with E-state index in [4.69, 9.17) is 5.41 Å². The lowest BCUT2D eigenvalue weighted by atomic mass is 9.88. The van der Waals surface area contributed by atoms with Crippen LogP contribution in [-0.4, -0.2) is 5.71 Å².